The minimum absolute atomic E-state index is 0.518. The second-order valence-electron chi connectivity index (χ2n) is 4.00. The fourth-order valence-electron chi connectivity index (χ4n) is 1.53. The van der Waals surface area contributed by atoms with Gasteiger partial charge >= 0.3 is 0 Å². The molecule has 5 nitrogen and oxygen atoms in total. The van der Waals surface area contributed by atoms with Gasteiger partial charge in [0.05, 0.1) is 6.21 Å². The molecule has 5 heteroatoms. The molecule has 1 aromatic carbocycles. The first kappa shape index (κ1) is 13.0. The Morgan fingerprint density at radius 1 is 1.32 bits per heavy atom. The van der Waals surface area contributed by atoms with Crippen LogP contribution in [0.15, 0.2) is 52.0 Å². The van der Waals surface area contributed by atoms with Crippen LogP contribution in [-0.2, 0) is 4.79 Å². The minimum atomic E-state index is -1.24. The van der Waals surface area contributed by atoms with Crippen LogP contribution in [0.3, 0.4) is 0 Å². The highest BCUT2D eigenvalue weighted by Crippen LogP contribution is 2.11. The van der Waals surface area contributed by atoms with Gasteiger partial charge in [0.15, 0.2) is 6.10 Å². The molecule has 0 aliphatic rings. The summed E-state index contributed by atoms with van der Waals surface area (Å²) in [5.74, 6) is 0.704. The summed E-state index contributed by atoms with van der Waals surface area (Å²) >= 11 is 0. The van der Waals surface area contributed by atoms with Gasteiger partial charge in [0.25, 0.3) is 5.91 Å². The zero-order chi connectivity index (χ0) is 13.7. The molecular weight excluding hydrogens is 244 g/mol. The number of hydrogen-bond donors (Lipinski definition) is 2. The van der Waals surface area contributed by atoms with Crippen molar-refractivity contribution in [2.45, 2.75) is 13.0 Å². The standard InChI is InChI=1S/C14H14N2O3/c1-10-7-8-12(19-10)9-15-16-14(18)13(17)11-5-3-2-4-6-11/h2-9,13,17H,1H3,(H,16,18)/b15-9-/t13-/m1/s1. The van der Waals surface area contributed by atoms with Crippen molar-refractivity contribution < 1.29 is 14.3 Å². The maximum Gasteiger partial charge on any atom is 0.273 e. The van der Waals surface area contributed by atoms with Crippen molar-refractivity contribution in [2.24, 2.45) is 5.10 Å². The van der Waals surface area contributed by atoms with Crippen LogP contribution in [0.5, 0.6) is 0 Å². The van der Waals surface area contributed by atoms with Crippen LogP contribution in [-0.4, -0.2) is 17.2 Å². The molecule has 0 unspecified atom stereocenters. The van der Waals surface area contributed by atoms with Crippen molar-refractivity contribution in [1.29, 1.82) is 0 Å². The van der Waals surface area contributed by atoms with Crippen LogP contribution in [0.4, 0.5) is 0 Å². The summed E-state index contributed by atoms with van der Waals surface area (Å²) in [6.45, 7) is 1.81. The lowest BCUT2D eigenvalue weighted by molar-refractivity contribution is -0.129. The van der Waals surface area contributed by atoms with Crippen molar-refractivity contribution in [2.75, 3.05) is 0 Å². The van der Waals surface area contributed by atoms with E-state index >= 15 is 0 Å². The van der Waals surface area contributed by atoms with E-state index < -0.39 is 12.0 Å². The number of furan rings is 1. The van der Waals surface area contributed by atoms with E-state index in [1.165, 1.54) is 6.21 Å². The average Bonchev–Trinajstić information content (AvgIpc) is 2.84. The van der Waals surface area contributed by atoms with E-state index in [0.717, 1.165) is 5.76 Å². The van der Waals surface area contributed by atoms with Crippen LogP contribution in [0.1, 0.15) is 23.2 Å². The first-order chi connectivity index (χ1) is 9.16. The second kappa shape index (κ2) is 5.97. The van der Waals surface area contributed by atoms with Gasteiger partial charge in [0, 0.05) is 0 Å². The molecule has 0 fully saturated rings. The molecule has 19 heavy (non-hydrogen) atoms. The molecule has 0 aliphatic heterocycles. The Labute approximate surface area is 110 Å². The number of benzene rings is 1. The SMILES string of the molecule is Cc1ccc(/C=N\NC(=O)[C@H](O)c2ccccc2)o1. The molecule has 0 saturated carbocycles. The number of aliphatic hydroxyl groups is 1. The molecule has 0 radical (unpaired) electrons. The molecule has 1 aromatic heterocycles. The monoisotopic (exact) mass is 258 g/mol. The second-order valence-corrected chi connectivity index (χ2v) is 4.00. The summed E-state index contributed by atoms with van der Waals surface area (Å²) in [6.07, 6.45) is 0.138. The summed E-state index contributed by atoms with van der Waals surface area (Å²) < 4.78 is 5.25. The molecule has 2 aromatic rings. The minimum Gasteiger partial charge on any atom is -0.460 e. The number of nitrogens with zero attached hydrogens (tertiary/aromatic N) is 1. The molecule has 2 rings (SSSR count). The molecule has 2 N–H and O–H groups in total. The largest absolute Gasteiger partial charge is 0.460 e. The van der Waals surface area contributed by atoms with Gasteiger partial charge in [-0.25, -0.2) is 5.43 Å². The topological polar surface area (TPSA) is 74.8 Å². The number of carbonyl (C=O) groups is 1. The third-order valence-corrected chi connectivity index (χ3v) is 2.49. The molecule has 0 aliphatic carbocycles. The number of nitrogens with one attached hydrogen (secondary N) is 1. The molecular formula is C14H14N2O3. The Balaban J connectivity index is 1.93. The van der Waals surface area contributed by atoms with Crippen molar-refractivity contribution in [1.82, 2.24) is 5.43 Å². The first-order valence-corrected chi connectivity index (χ1v) is 5.79. The average molecular weight is 258 g/mol. The van der Waals surface area contributed by atoms with Crippen molar-refractivity contribution >= 4 is 12.1 Å². The highest BCUT2D eigenvalue weighted by Gasteiger charge is 2.15. The predicted octanol–water partition coefficient (Wildman–Crippen LogP) is 1.77. The fraction of sp³-hybridized carbons (Fsp3) is 0.143. The van der Waals surface area contributed by atoms with Crippen LogP contribution in [0.25, 0.3) is 0 Å². The van der Waals surface area contributed by atoms with Gasteiger partial charge in [-0.05, 0) is 24.6 Å². The van der Waals surface area contributed by atoms with E-state index in [-0.39, 0.29) is 0 Å². The Hall–Kier alpha value is -2.40. The lowest BCUT2D eigenvalue weighted by Crippen LogP contribution is -2.25. The highest BCUT2D eigenvalue weighted by molar-refractivity contribution is 5.83. The number of hydrogen-bond acceptors (Lipinski definition) is 4. The van der Waals surface area contributed by atoms with Crippen LogP contribution >= 0.6 is 0 Å². The van der Waals surface area contributed by atoms with Gasteiger partial charge in [-0.3, -0.25) is 4.79 Å². The number of aliphatic hydroxyl groups excluding tert-OH is 1. The number of aryl methyl sites for hydroxylation is 1. The van der Waals surface area contributed by atoms with E-state index in [0.29, 0.717) is 11.3 Å². The third kappa shape index (κ3) is 3.53. The summed E-state index contributed by atoms with van der Waals surface area (Å²) in [5, 5.41) is 13.5. The van der Waals surface area contributed by atoms with Crippen LogP contribution in [0.2, 0.25) is 0 Å². The van der Waals surface area contributed by atoms with Crippen molar-refractivity contribution in [3.63, 3.8) is 0 Å². The number of rotatable bonds is 4. The molecule has 0 bridgehead atoms. The molecule has 0 saturated heterocycles. The van der Waals surface area contributed by atoms with E-state index in [2.05, 4.69) is 10.5 Å². The lowest BCUT2D eigenvalue weighted by atomic mass is 10.1. The molecule has 1 amide bonds. The summed E-state index contributed by atoms with van der Waals surface area (Å²) in [7, 11) is 0. The van der Waals surface area contributed by atoms with E-state index in [1.54, 1.807) is 36.4 Å². The summed E-state index contributed by atoms with van der Waals surface area (Å²) in [6, 6.07) is 12.2. The van der Waals surface area contributed by atoms with Crippen molar-refractivity contribution in [3.05, 3.63) is 59.5 Å². The zero-order valence-corrected chi connectivity index (χ0v) is 10.4. The Morgan fingerprint density at radius 2 is 2.05 bits per heavy atom. The lowest BCUT2D eigenvalue weighted by Gasteiger charge is -2.08. The van der Waals surface area contributed by atoms with Gasteiger partial charge in [-0.1, -0.05) is 30.3 Å². The summed E-state index contributed by atoms with van der Waals surface area (Å²) in [5.41, 5.74) is 2.78. The van der Waals surface area contributed by atoms with E-state index in [1.807, 2.05) is 13.0 Å². The van der Waals surface area contributed by atoms with Gasteiger partial charge in [0.1, 0.15) is 11.5 Å². The Morgan fingerprint density at radius 3 is 2.68 bits per heavy atom. The maximum atomic E-state index is 11.6. The molecule has 98 valence electrons. The third-order valence-electron chi connectivity index (χ3n) is 2.49. The fourth-order valence-corrected chi connectivity index (χ4v) is 1.53. The van der Waals surface area contributed by atoms with Crippen molar-refractivity contribution in [3.8, 4) is 0 Å². The predicted molar refractivity (Wildman–Crippen MR) is 70.6 cm³/mol. The van der Waals surface area contributed by atoms with Gasteiger partial charge in [-0.15, -0.1) is 0 Å². The van der Waals surface area contributed by atoms with E-state index in [4.69, 9.17) is 4.42 Å². The highest BCUT2D eigenvalue weighted by atomic mass is 16.3. The Kier molecular flexibility index (Phi) is 4.10. The van der Waals surface area contributed by atoms with Crippen LogP contribution < -0.4 is 5.43 Å². The van der Waals surface area contributed by atoms with Crippen LogP contribution in [0, 0.1) is 6.92 Å². The zero-order valence-electron chi connectivity index (χ0n) is 10.4. The molecule has 1 heterocycles. The number of hydrazone groups is 1. The normalized spacial score (nSPS) is 12.5. The quantitative estimate of drug-likeness (QED) is 0.648. The van der Waals surface area contributed by atoms with Gasteiger partial charge in [-0.2, -0.15) is 5.10 Å². The molecule has 0 spiro atoms. The first-order valence-electron chi connectivity index (χ1n) is 5.79. The number of amides is 1. The van der Waals surface area contributed by atoms with E-state index in [9.17, 15) is 9.90 Å². The van der Waals surface area contributed by atoms with Gasteiger partial charge < -0.3 is 9.52 Å². The maximum absolute atomic E-state index is 11.6. The number of carbonyl (C=O) groups excluding carboxylic acids is 1. The molecule has 1 atom stereocenters. The smallest absolute Gasteiger partial charge is 0.273 e. The summed E-state index contributed by atoms with van der Waals surface area (Å²) in [4.78, 5) is 11.6. The van der Waals surface area contributed by atoms with Gasteiger partial charge in [0.2, 0.25) is 0 Å². The Bertz CT molecular complexity index is 575.